The van der Waals surface area contributed by atoms with Crippen molar-refractivity contribution in [2.75, 3.05) is 13.1 Å². The standard InChI is InChI=1S/C12H12N2O4S/c1-2-14(7-11(15)16)12(17)8-6-9(18-13-8)10-4-3-5-19-10/h3-6H,2,7H2,1H3,(H,15,16). The monoisotopic (exact) mass is 280 g/mol. The van der Waals surface area contributed by atoms with Crippen LogP contribution in [0.1, 0.15) is 17.4 Å². The molecule has 0 saturated carbocycles. The average molecular weight is 280 g/mol. The first-order valence-electron chi connectivity index (χ1n) is 5.63. The summed E-state index contributed by atoms with van der Waals surface area (Å²) in [6.45, 7) is 1.66. The third-order valence-corrected chi connectivity index (χ3v) is 3.37. The van der Waals surface area contributed by atoms with Gasteiger partial charge in [0.15, 0.2) is 11.5 Å². The molecule has 1 amide bonds. The number of aliphatic carboxylic acids is 1. The molecule has 0 fully saturated rings. The smallest absolute Gasteiger partial charge is 0.323 e. The van der Waals surface area contributed by atoms with Gasteiger partial charge in [0.25, 0.3) is 5.91 Å². The van der Waals surface area contributed by atoms with E-state index < -0.39 is 11.9 Å². The van der Waals surface area contributed by atoms with Gasteiger partial charge in [-0.3, -0.25) is 9.59 Å². The van der Waals surface area contributed by atoms with E-state index in [1.807, 2.05) is 17.5 Å². The number of nitrogens with zero attached hydrogens (tertiary/aromatic N) is 2. The summed E-state index contributed by atoms with van der Waals surface area (Å²) in [6.07, 6.45) is 0. The van der Waals surface area contributed by atoms with Crippen LogP contribution < -0.4 is 0 Å². The van der Waals surface area contributed by atoms with Gasteiger partial charge in [-0.05, 0) is 18.4 Å². The number of amides is 1. The molecule has 0 unspecified atom stereocenters. The molecule has 2 heterocycles. The molecule has 19 heavy (non-hydrogen) atoms. The molecule has 2 aromatic rings. The van der Waals surface area contributed by atoms with Crippen molar-refractivity contribution in [2.24, 2.45) is 0 Å². The van der Waals surface area contributed by atoms with Gasteiger partial charge in [-0.2, -0.15) is 0 Å². The zero-order chi connectivity index (χ0) is 13.8. The van der Waals surface area contributed by atoms with Crippen LogP contribution in [0.3, 0.4) is 0 Å². The van der Waals surface area contributed by atoms with E-state index in [2.05, 4.69) is 5.16 Å². The topological polar surface area (TPSA) is 83.6 Å². The van der Waals surface area contributed by atoms with Crippen LogP contribution in [0.4, 0.5) is 0 Å². The summed E-state index contributed by atoms with van der Waals surface area (Å²) in [5.41, 5.74) is 0.117. The number of hydrogen-bond donors (Lipinski definition) is 1. The largest absolute Gasteiger partial charge is 0.480 e. The Labute approximate surface area is 113 Å². The molecule has 2 aromatic heterocycles. The quantitative estimate of drug-likeness (QED) is 0.905. The second-order valence-electron chi connectivity index (χ2n) is 3.77. The van der Waals surface area contributed by atoms with Crippen LogP contribution in [-0.2, 0) is 4.79 Å². The second kappa shape index (κ2) is 5.66. The average Bonchev–Trinajstić information content (AvgIpc) is 3.04. The molecule has 0 saturated heterocycles. The lowest BCUT2D eigenvalue weighted by Crippen LogP contribution is -2.35. The fourth-order valence-electron chi connectivity index (χ4n) is 1.56. The number of carboxylic acids is 1. The van der Waals surface area contributed by atoms with Crippen molar-refractivity contribution < 1.29 is 19.2 Å². The van der Waals surface area contributed by atoms with Crippen molar-refractivity contribution in [3.05, 3.63) is 29.3 Å². The summed E-state index contributed by atoms with van der Waals surface area (Å²) in [7, 11) is 0. The molecule has 0 aliphatic rings. The summed E-state index contributed by atoms with van der Waals surface area (Å²) >= 11 is 1.47. The van der Waals surface area contributed by atoms with Gasteiger partial charge in [0.05, 0.1) is 4.88 Å². The first-order chi connectivity index (χ1) is 9.11. The first-order valence-corrected chi connectivity index (χ1v) is 6.51. The molecule has 0 aromatic carbocycles. The van der Waals surface area contributed by atoms with E-state index in [1.54, 1.807) is 6.92 Å². The van der Waals surface area contributed by atoms with Gasteiger partial charge in [0.2, 0.25) is 0 Å². The third-order valence-electron chi connectivity index (χ3n) is 2.49. The van der Waals surface area contributed by atoms with Crippen molar-refractivity contribution in [3.63, 3.8) is 0 Å². The SMILES string of the molecule is CCN(CC(=O)O)C(=O)c1cc(-c2cccs2)on1. The van der Waals surface area contributed by atoms with E-state index in [9.17, 15) is 9.59 Å². The highest BCUT2D eigenvalue weighted by molar-refractivity contribution is 7.13. The Morgan fingerprint density at radius 1 is 1.53 bits per heavy atom. The maximum atomic E-state index is 12.0. The highest BCUT2D eigenvalue weighted by atomic mass is 32.1. The highest BCUT2D eigenvalue weighted by Gasteiger charge is 2.21. The predicted molar refractivity (Wildman–Crippen MR) is 69.0 cm³/mol. The Morgan fingerprint density at radius 3 is 2.89 bits per heavy atom. The lowest BCUT2D eigenvalue weighted by Gasteiger charge is -2.16. The molecule has 0 aliphatic heterocycles. The van der Waals surface area contributed by atoms with Gasteiger partial charge in [0.1, 0.15) is 6.54 Å². The molecule has 0 atom stereocenters. The Bertz CT molecular complexity index is 576. The maximum Gasteiger partial charge on any atom is 0.323 e. The zero-order valence-electron chi connectivity index (χ0n) is 10.2. The van der Waals surface area contributed by atoms with Crippen LogP contribution in [0, 0.1) is 0 Å². The Hall–Kier alpha value is -2.15. The van der Waals surface area contributed by atoms with Crippen molar-refractivity contribution in [2.45, 2.75) is 6.92 Å². The second-order valence-corrected chi connectivity index (χ2v) is 4.71. The number of thiophene rings is 1. The predicted octanol–water partition coefficient (Wildman–Crippen LogP) is 1.95. The summed E-state index contributed by atoms with van der Waals surface area (Å²) in [4.78, 5) is 24.8. The molecule has 0 aliphatic carbocycles. The van der Waals surface area contributed by atoms with Crippen LogP contribution in [0.25, 0.3) is 10.6 Å². The van der Waals surface area contributed by atoms with E-state index >= 15 is 0 Å². The van der Waals surface area contributed by atoms with Gasteiger partial charge in [0, 0.05) is 12.6 Å². The molecule has 2 rings (SSSR count). The molecule has 6 nitrogen and oxygen atoms in total. The highest BCUT2D eigenvalue weighted by Crippen LogP contribution is 2.25. The first kappa shape index (κ1) is 13.3. The van der Waals surface area contributed by atoms with Gasteiger partial charge in [-0.25, -0.2) is 0 Å². The number of carbonyl (C=O) groups is 2. The summed E-state index contributed by atoms with van der Waals surface area (Å²) < 4.78 is 5.10. The lowest BCUT2D eigenvalue weighted by molar-refractivity contribution is -0.137. The van der Waals surface area contributed by atoms with Gasteiger partial charge in [-0.1, -0.05) is 11.2 Å². The van der Waals surface area contributed by atoms with Gasteiger partial charge in [-0.15, -0.1) is 11.3 Å². The molecule has 1 N–H and O–H groups in total. The number of hydrogen-bond acceptors (Lipinski definition) is 5. The fraction of sp³-hybridized carbons (Fsp3) is 0.250. The summed E-state index contributed by atoms with van der Waals surface area (Å²) in [6, 6.07) is 5.25. The van der Waals surface area contributed by atoms with Crippen LogP contribution in [0.15, 0.2) is 28.1 Å². The summed E-state index contributed by atoms with van der Waals surface area (Å²) in [5, 5.41) is 14.3. The van der Waals surface area contributed by atoms with Gasteiger partial charge < -0.3 is 14.5 Å². The fourth-order valence-corrected chi connectivity index (χ4v) is 2.24. The van der Waals surface area contributed by atoms with E-state index in [1.165, 1.54) is 22.3 Å². The number of rotatable bonds is 5. The minimum Gasteiger partial charge on any atom is -0.480 e. The van der Waals surface area contributed by atoms with Crippen molar-refractivity contribution in [3.8, 4) is 10.6 Å². The molecule has 7 heteroatoms. The normalized spacial score (nSPS) is 10.4. The molecule has 0 radical (unpaired) electrons. The minimum absolute atomic E-state index is 0.117. The summed E-state index contributed by atoms with van der Waals surface area (Å²) in [5.74, 6) is -1.00. The maximum absolute atomic E-state index is 12.0. The number of aromatic nitrogens is 1. The molecular weight excluding hydrogens is 268 g/mol. The van der Waals surface area contributed by atoms with Crippen LogP contribution in [-0.4, -0.2) is 40.1 Å². The molecule has 0 bridgehead atoms. The number of carbonyl (C=O) groups excluding carboxylic acids is 1. The third kappa shape index (κ3) is 3.00. The Balaban J connectivity index is 2.17. The van der Waals surface area contributed by atoms with Crippen molar-refractivity contribution >= 4 is 23.2 Å². The number of likely N-dealkylation sites (N-methyl/N-ethyl adjacent to an activating group) is 1. The van der Waals surface area contributed by atoms with Crippen LogP contribution >= 0.6 is 11.3 Å². The van der Waals surface area contributed by atoms with Crippen LogP contribution in [0.5, 0.6) is 0 Å². The number of carboxylic acid groups (broad SMARTS) is 1. The van der Waals surface area contributed by atoms with Crippen LogP contribution in [0.2, 0.25) is 0 Å². The molecule has 0 spiro atoms. The lowest BCUT2D eigenvalue weighted by atomic mass is 10.3. The van der Waals surface area contributed by atoms with E-state index in [0.717, 1.165) is 4.88 Å². The van der Waals surface area contributed by atoms with E-state index in [-0.39, 0.29) is 12.2 Å². The van der Waals surface area contributed by atoms with Crippen molar-refractivity contribution in [1.82, 2.24) is 10.1 Å². The molecule has 100 valence electrons. The van der Waals surface area contributed by atoms with E-state index in [0.29, 0.717) is 12.3 Å². The van der Waals surface area contributed by atoms with Gasteiger partial charge >= 0.3 is 5.97 Å². The van der Waals surface area contributed by atoms with E-state index in [4.69, 9.17) is 9.63 Å². The Kier molecular flexibility index (Phi) is 3.96. The van der Waals surface area contributed by atoms with Crippen molar-refractivity contribution in [1.29, 1.82) is 0 Å². The Morgan fingerprint density at radius 2 is 2.32 bits per heavy atom. The minimum atomic E-state index is -1.06. The zero-order valence-corrected chi connectivity index (χ0v) is 11.0. The molecular formula is C12H12N2O4S.